The van der Waals surface area contributed by atoms with Gasteiger partial charge in [-0.15, -0.1) is 0 Å². The third kappa shape index (κ3) is 4.97. The molecule has 0 atom stereocenters. The molecule has 2 rings (SSSR count). The lowest BCUT2D eigenvalue weighted by atomic mass is 10.1. The third-order valence-electron chi connectivity index (χ3n) is 3.65. The fraction of sp³-hybridized carbons (Fsp3) is 0.333. The fourth-order valence-electron chi connectivity index (χ4n) is 2.56. The molecule has 2 N–H and O–H groups in total. The summed E-state index contributed by atoms with van der Waals surface area (Å²) in [7, 11) is -4.48. The number of aromatic hydroxyl groups is 1. The molecule has 24 heavy (non-hydrogen) atoms. The van der Waals surface area contributed by atoms with E-state index in [-0.39, 0.29) is 16.4 Å². The van der Waals surface area contributed by atoms with Crippen molar-refractivity contribution < 1.29 is 22.8 Å². The first kappa shape index (κ1) is 18.3. The number of aryl methyl sites for hydroxylation is 1. The summed E-state index contributed by atoms with van der Waals surface area (Å²) >= 11 is 0. The summed E-state index contributed by atoms with van der Waals surface area (Å²) in [4.78, 5) is -0.277. The Bertz CT molecular complexity index is 769. The van der Waals surface area contributed by atoms with E-state index in [1.807, 2.05) is 0 Å². The minimum Gasteiger partial charge on any atom is -0.508 e. The van der Waals surface area contributed by atoms with Crippen LogP contribution >= 0.6 is 0 Å². The molecule has 0 saturated heterocycles. The quantitative estimate of drug-likeness (QED) is 0.539. The first-order chi connectivity index (χ1) is 11.4. The van der Waals surface area contributed by atoms with E-state index in [0.717, 1.165) is 25.7 Å². The van der Waals surface area contributed by atoms with Crippen LogP contribution in [0.3, 0.4) is 0 Å². The molecule has 0 radical (unpaired) electrons. The Morgan fingerprint density at radius 2 is 1.75 bits per heavy atom. The zero-order valence-corrected chi connectivity index (χ0v) is 14.4. The molecule has 0 amide bonds. The minimum atomic E-state index is -4.48. The summed E-state index contributed by atoms with van der Waals surface area (Å²) in [6, 6.07) is 11.2. The zero-order chi connectivity index (χ0) is 17.6. The van der Waals surface area contributed by atoms with E-state index in [4.69, 9.17) is 4.74 Å². The molecule has 0 unspecified atom stereocenters. The highest BCUT2D eigenvalue weighted by atomic mass is 32.2. The van der Waals surface area contributed by atoms with Crippen LogP contribution in [0.1, 0.15) is 38.2 Å². The van der Waals surface area contributed by atoms with Gasteiger partial charge in [0.2, 0.25) is 0 Å². The molecule has 0 spiro atoms. The number of ether oxygens (including phenoxy) is 1. The third-order valence-corrected chi connectivity index (χ3v) is 4.62. The number of rotatable bonds is 8. The van der Waals surface area contributed by atoms with Crippen LogP contribution in [-0.4, -0.2) is 18.1 Å². The Morgan fingerprint density at radius 1 is 1.04 bits per heavy atom. The van der Waals surface area contributed by atoms with Crippen molar-refractivity contribution in [2.24, 2.45) is 0 Å². The average molecular weight is 350 g/mol. The molecule has 0 aliphatic rings. The van der Waals surface area contributed by atoms with E-state index < -0.39 is 10.1 Å². The molecule has 0 aliphatic heterocycles. The SMILES string of the molecule is CCCCCCc1cc(O)cc(Oc2ccccc2)c1S(=O)(=O)O. The van der Waals surface area contributed by atoms with Crippen molar-refractivity contribution in [1.29, 1.82) is 0 Å². The van der Waals surface area contributed by atoms with Crippen LogP contribution in [0.15, 0.2) is 47.4 Å². The number of para-hydroxylation sites is 1. The van der Waals surface area contributed by atoms with Gasteiger partial charge >= 0.3 is 0 Å². The predicted octanol–water partition coefficient (Wildman–Crippen LogP) is 4.55. The van der Waals surface area contributed by atoms with Gasteiger partial charge in [0.05, 0.1) is 0 Å². The molecule has 6 heteroatoms. The summed E-state index contributed by atoms with van der Waals surface area (Å²) in [6.45, 7) is 2.09. The van der Waals surface area contributed by atoms with Crippen LogP contribution in [0.5, 0.6) is 17.2 Å². The molecule has 2 aromatic rings. The maximum Gasteiger partial charge on any atom is 0.298 e. The zero-order valence-electron chi connectivity index (χ0n) is 13.6. The molecule has 0 aliphatic carbocycles. The Hall–Kier alpha value is -2.05. The van der Waals surface area contributed by atoms with Crippen molar-refractivity contribution in [2.45, 2.75) is 43.9 Å². The predicted molar refractivity (Wildman–Crippen MR) is 92.3 cm³/mol. The summed E-state index contributed by atoms with van der Waals surface area (Å²) in [6.07, 6.45) is 4.27. The topological polar surface area (TPSA) is 83.8 Å². The summed E-state index contributed by atoms with van der Waals surface area (Å²) in [5.74, 6) is 0.248. The van der Waals surface area contributed by atoms with Gasteiger partial charge in [-0.25, -0.2) is 0 Å². The van der Waals surface area contributed by atoms with E-state index in [1.165, 1.54) is 12.1 Å². The molecule has 0 bridgehead atoms. The Kier molecular flexibility index (Phi) is 6.23. The molecule has 0 saturated carbocycles. The van der Waals surface area contributed by atoms with E-state index in [2.05, 4.69) is 6.92 Å². The van der Waals surface area contributed by atoms with Gasteiger partial charge in [-0.1, -0.05) is 44.4 Å². The second-order valence-corrected chi connectivity index (χ2v) is 6.99. The second-order valence-electron chi connectivity index (χ2n) is 5.63. The van der Waals surface area contributed by atoms with Gasteiger partial charge in [0.1, 0.15) is 16.4 Å². The van der Waals surface area contributed by atoms with E-state index in [1.54, 1.807) is 30.3 Å². The largest absolute Gasteiger partial charge is 0.508 e. The van der Waals surface area contributed by atoms with Crippen LogP contribution < -0.4 is 4.74 Å². The molecule has 0 aromatic heterocycles. The molecule has 130 valence electrons. The summed E-state index contributed by atoms with van der Waals surface area (Å²) in [5, 5.41) is 9.91. The first-order valence-corrected chi connectivity index (χ1v) is 9.42. The molecule has 2 aromatic carbocycles. The van der Waals surface area contributed by atoms with Crippen molar-refractivity contribution in [3.63, 3.8) is 0 Å². The number of benzene rings is 2. The van der Waals surface area contributed by atoms with Crippen LogP contribution in [0.25, 0.3) is 0 Å². The lowest BCUT2D eigenvalue weighted by molar-refractivity contribution is 0.434. The van der Waals surface area contributed by atoms with Gasteiger partial charge in [0.25, 0.3) is 10.1 Å². The van der Waals surface area contributed by atoms with Crippen LogP contribution in [0, 0.1) is 0 Å². The number of phenols is 1. The molecule has 5 nitrogen and oxygen atoms in total. The van der Waals surface area contributed by atoms with E-state index in [9.17, 15) is 18.1 Å². The van der Waals surface area contributed by atoms with Gasteiger partial charge in [-0.2, -0.15) is 8.42 Å². The normalized spacial score (nSPS) is 11.4. The van der Waals surface area contributed by atoms with E-state index in [0.29, 0.717) is 17.7 Å². The van der Waals surface area contributed by atoms with Gasteiger partial charge in [-0.05, 0) is 36.6 Å². The Balaban J connectivity index is 2.39. The lowest BCUT2D eigenvalue weighted by Crippen LogP contribution is -2.06. The standard InChI is InChI=1S/C18H22O5S/c1-2-3-4-6-9-14-12-15(19)13-17(18(14)24(20,21)22)23-16-10-7-5-8-11-16/h5,7-8,10-13,19H,2-4,6,9H2,1H3,(H,20,21,22). The van der Waals surface area contributed by atoms with Crippen molar-refractivity contribution in [3.05, 3.63) is 48.0 Å². The van der Waals surface area contributed by atoms with Crippen molar-refractivity contribution in [3.8, 4) is 17.2 Å². The Labute approximate surface area is 142 Å². The molecular weight excluding hydrogens is 328 g/mol. The highest BCUT2D eigenvalue weighted by Crippen LogP contribution is 2.36. The second kappa shape index (κ2) is 8.17. The van der Waals surface area contributed by atoms with Crippen molar-refractivity contribution in [2.75, 3.05) is 0 Å². The van der Waals surface area contributed by atoms with E-state index >= 15 is 0 Å². The number of hydrogen-bond donors (Lipinski definition) is 2. The van der Waals surface area contributed by atoms with Crippen molar-refractivity contribution in [1.82, 2.24) is 0 Å². The van der Waals surface area contributed by atoms with Gasteiger partial charge in [-0.3, -0.25) is 4.55 Å². The van der Waals surface area contributed by atoms with Crippen LogP contribution in [0.4, 0.5) is 0 Å². The van der Waals surface area contributed by atoms with Gasteiger partial charge in [0.15, 0.2) is 5.75 Å². The molecule has 0 fully saturated rings. The molecule has 0 heterocycles. The lowest BCUT2D eigenvalue weighted by Gasteiger charge is -2.14. The Morgan fingerprint density at radius 3 is 2.38 bits per heavy atom. The highest BCUT2D eigenvalue weighted by Gasteiger charge is 2.23. The average Bonchev–Trinajstić information content (AvgIpc) is 2.51. The summed E-state index contributed by atoms with van der Waals surface area (Å²) < 4.78 is 38.9. The molecular formula is C18H22O5S. The maximum absolute atomic E-state index is 11.9. The number of phenolic OH excluding ortho intramolecular Hbond substituents is 1. The monoisotopic (exact) mass is 350 g/mol. The summed E-state index contributed by atoms with van der Waals surface area (Å²) in [5.41, 5.74) is 0.361. The van der Waals surface area contributed by atoms with Crippen molar-refractivity contribution >= 4 is 10.1 Å². The van der Waals surface area contributed by atoms with Crippen LogP contribution in [-0.2, 0) is 16.5 Å². The number of hydrogen-bond acceptors (Lipinski definition) is 4. The highest BCUT2D eigenvalue weighted by molar-refractivity contribution is 7.86. The smallest absolute Gasteiger partial charge is 0.298 e. The van der Waals surface area contributed by atoms with Crippen LogP contribution in [0.2, 0.25) is 0 Å². The van der Waals surface area contributed by atoms with Gasteiger partial charge in [0, 0.05) is 6.07 Å². The maximum atomic E-state index is 11.9. The fourth-order valence-corrected chi connectivity index (χ4v) is 3.40. The number of unbranched alkanes of at least 4 members (excludes halogenated alkanes) is 3. The minimum absolute atomic E-state index is 0.0748. The first-order valence-electron chi connectivity index (χ1n) is 7.98. The van der Waals surface area contributed by atoms with Gasteiger partial charge < -0.3 is 9.84 Å².